The van der Waals surface area contributed by atoms with Gasteiger partial charge in [-0.05, 0) is 29.8 Å². The second-order valence-corrected chi connectivity index (χ2v) is 8.11. The van der Waals surface area contributed by atoms with Gasteiger partial charge >= 0.3 is 5.97 Å². The standard InChI is InChI=1S/C21H19N3O4S2/c1-27-17-6-4-3-5-15(17)11-12-18(25)22-20-23-24-21(30-20)29-13-14-7-9-16(10-8-14)19(26)28-2/h3-12H,13H2,1-2H3,(H,22,23,25)/b12-11+. The Balaban J connectivity index is 1.52. The van der Waals surface area contributed by atoms with E-state index in [0.717, 1.165) is 15.5 Å². The number of para-hydroxylation sites is 1. The number of anilines is 1. The van der Waals surface area contributed by atoms with Crippen molar-refractivity contribution < 1.29 is 19.1 Å². The second-order valence-electron chi connectivity index (χ2n) is 5.91. The molecule has 0 aliphatic carbocycles. The van der Waals surface area contributed by atoms with E-state index in [2.05, 4.69) is 20.3 Å². The summed E-state index contributed by atoms with van der Waals surface area (Å²) in [6.07, 6.45) is 3.11. The number of methoxy groups -OCH3 is 2. The van der Waals surface area contributed by atoms with Gasteiger partial charge in [0.25, 0.3) is 0 Å². The van der Waals surface area contributed by atoms with E-state index >= 15 is 0 Å². The molecule has 3 aromatic rings. The first kappa shape index (κ1) is 21.5. The van der Waals surface area contributed by atoms with Gasteiger partial charge in [-0.25, -0.2) is 4.79 Å². The summed E-state index contributed by atoms with van der Waals surface area (Å²) in [7, 11) is 2.94. The van der Waals surface area contributed by atoms with Gasteiger partial charge in [-0.3, -0.25) is 10.1 Å². The van der Waals surface area contributed by atoms with Crippen LogP contribution in [0, 0.1) is 0 Å². The molecule has 7 nitrogen and oxygen atoms in total. The van der Waals surface area contributed by atoms with Crippen LogP contribution in [0.5, 0.6) is 5.75 Å². The molecule has 30 heavy (non-hydrogen) atoms. The minimum absolute atomic E-state index is 0.299. The Labute approximate surface area is 182 Å². The molecule has 154 valence electrons. The first-order chi connectivity index (χ1) is 14.6. The zero-order valence-electron chi connectivity index (χ0n) is 16.3. The van der Waals surface area contributed by atoms with E-state index in [4.69, 9.17) is 4.74 Å². The molecule has 1 heterocycles. The number of nitrogens with one attached hydrogen (secondary N) is 1. The molecule has 9 heteroatoms. The molecule has 1 amide bonds. The quantitative estimate of drug-likeness (QED) is 0.241. The van der Waals surface area contributed by atoms with Gasteiger partial charge in [-0.2, -0.15) is 0 Å². The van der Waals surface area contributed by atoms with E-state index in [1.54, 1.807) is 25.3 Å². The van der Waals surface area contributed by atoms with Crippen LogP contribution in [-0.4, -0.2) is 36.3 Å². The lowest BCUT2D eigenvalue weighted by Gasteiger charge is -2.03. The molecule has 0 aliphatic heterocycles. The van der Waals surface area contributed by atoms with Crippen LogP contribution in [0.25, 0.3) is 6.08 Å². The third-order valence-electron chi connectivity index (χ3n) is 3.93. The number of carbonyl (C=O) groups is 2. The molecule has 0 fully saturated rings. The Morgan fingerprint density at radius 1 is 1.10 bits per heavy atom. The van der Waals surface area contributed by atoms with Gasteiger partial charge in [0, 0.05) is 17.4 Å². The second kappa shape index (κ2) is 10.6. The predicted molar refractivity (Wildman–Crippen MR) is 118 cm³/mol. The van der Waals surface area contributed by atoms with Crippen molar-refractivity contribution in [2.45, 2.75) is 10.1 Å². The van der Waals surface area contributed by atoms with Crippen LogP contribution in [0.1, 0.15) is 21.5 Å². The molecule has 0 atom stereocenters. The lowest BCUT2D eigenvalue weighted by Crippen LogP contribution is -2.07. The Kier molecular flexibility index (Phi) is 7.58. The third-order valence-corrected chi connectivity index (χ3v) is 5.97. The first-order valence-electron chi connectivity index (χ1n) is 8.84. The Morgan fingerprint density at radius 2 is 1.87 bits per heavy atom. The fraction of sp³-hybridized carbons (Fsp3) is 0.143. The Bertz CT molecular complexity index is 1050. The Hall–Kier alpha value is -3.17. The number of aromatic nitrogens is 2. The summed E-state index contributed by atoms with van der Waals surface area (Å²) >= 11 is 2.80. The van der Waals surface area contributed by atoms with Crippen LogP contribution in [-0.2, 0) is 15.3 Å². The van der Waals surface area contributed by atoms with Gasteiger partial charge in [-0.1, -0.05) is 53.4 Å². The van der Waals surface area contributed by atoms with Crippen molar-refractivity contribution in [3.8, 4) is 5.75 Å². The van der Waals surface area contributed by atoms with Gasteiger partial charge in [0.15, 0.2) is 4.34 Å². The molecule has 0 bridgehead atoms. The molecule has 2 aromatic carbocycles. The molecule has 0 aliphatic rings. The number of carbonyl (C=O) groups excluding carboxylic acids is 2. The number of hydrogen-bond donors (Lipinski definition) is 1. The number of ether oxygens (including phenoxy) is 2. The van der Waals surface area contributed by atoms with Crippen LogP contribution in [0.2, 0.25) is 0 Å². The van der Waals surface area contributed by atoms with Crippen LogP contribution < -0.4 is 10.1 Å². The van der Waals surface area contributed by atoms with Crippen LogP contribution >= 0.6 is 23.1 Å². The van der Waals surface area contributed by atoms with Crippen LogP contribution in [0.15, 0.2) is 58.9 Å². The summed E-state index contributed by atoms with van der Waals surface area (Å²) in [5, 5.41) is 11.2. The molecule has 0 spiro atoms. The Morgan fingerprint density at radius 3 is 2.60 bits per heavy atom. The van der Waals surface area contributed by atoms with Crippen molar-refractivity contribution in [3.05, 3.63) is 71.3 Å². The lowest BCUT2D eigenvalue weighted by molar-refractivity contribution is -0.111. The lowest BCUT2D eigenvalue weighted by atomic mass is 10.1. The van der Waals surface area contributed by atoms with Crippen molar-refractivity contribution >= 4 is 46.2 Å². The predicted octanol–water partition coefficient (Wildman–Crippen LogP) is 4.28. The van der Waals surface area contributed by atoms with Crippen molar-refractivity contribution in [1.82, 2.24) is 10.2 Å². The fourth-order valence-electron chi connectivity index (χ4n) is 2.44. The molecule has 0 unspecified atom stereocenters. The highest BCUT2D eigenvalue weighted by Gasteiger charge is 2.09. The van der Waals surface area contributed by atoms with Gasteiger partial charge in [-0.15, -0.1) is 10.2 Å². The smallest absolute Gasteiger partial charge is 0.337 e. The van der Waals surface area contributed by atoms with Crippen molar-refractivity contribution in [2.75, 3.05) is 19.5 Å². The summed E-state index contributed by atoms with van der Waals surface area (Å²) < 4.78 is 10.7. The average molecular weight is 442 g/mol. The summed E-state index contributed by atoms with van der Waals surface area (Å²) in [6, 6.07) is 14.6. The zero-order valence-corrected chi connectivity index (χ0v) is 18.0. The maximum absolute atomic E-state index is 12.1. The first-order valence-corrected chi connectivity index (χ1v) is 10.6. The van der Waals surface area contributed by atoms with Gasteiger partial charge < -0.3 is 9.47 Å². The number of rotatable bonds is 8. The molecule has 0 saturated heterocycles. The van der Waals surface area contributed by atoms with Crippen LogP contribution in [0.4, 0.5) is 5.13 Å². The average Bonchev–Trinajstić information content (AvgIpc) is 3.23. The third kappa shape index (κ3) is 5.91. The molecule has 0 saturated carbocycles. The number of thioether (sulfide) groups is 1. The maximum atomic E-state index is 12.1. The van der Waals surface area contributed by atoms with E-state index in [9.17, 15) is 9.59 Å². The highest BCUT2D eigenvalue weighted by molar-refractivity contribution is 8.00. The van der Waals surface area contributed by atoms with Gasteiger partial charge in [0.05, 0.1) is 19.8 Å². The van der Waals surface area contributed by atoms with E-state index in [0.29, 0.717) is 22.2 Å². The van der Waals surface area contributed by atoms with E-state index in [1.807, 2.05) is 36.4 Å². The molecular weight excluding hydrogens is 422 g/mol. The number of hydrogen-bond acceptors (Lipinski definition) is 8. The van der Waals surface area contributed by atoms with Crippen LogP contribution in [0.3, 0.4) is 0 Å². The summed E-state index contributed by atoms with van der Waals surface area (Å²) in [5.41, 5.74) is 2.35. The molecule has 1 N–H and O–H groups in total. The largest absolute Gasteiger partial charge is 0.496 e. The monoisotopic (exact) mass is 441 g/mol. The highest BCUT2D eigenvalue weighted by Crippen LogP contribution is 2.28. The van der Waals surface area contributed by atoms with E-state index < -0.39 is 0 Å². The summed E-state index contributed by atoms with van der Waals surface area (Å²) in [4.78, 5) is 23.6. The number of amides is 1. The molecule has 1 aromatic heterocycles. The maximum Gasteiger partial charge on any atom is 0.337 e. The van der Waals surface area contributed by atoms with Crippen molar-refractivity contribution in [1.29, 1.82) is 0 Å². The zero-order chi connectivity index (χ0) is 21.3. The number of benzene rings is 2. The van der Waals surface area contributed by atoms with Gasteiger partial charge in [0.1, 0.15) is 5.75 Å². The normalized spacial score (nSPS) is 10.7. The fourth-order valence-corrected chi connectivity index (χ4v) is 4.15. The topological polar surface area (TPSA) is 90.4 Å². The van der Waals surface area contributed by atoms with E-state index in [1.165, 1.54) is 36.3 Å². The minimum Gasteiger partial charge on any atom is -0.496 e. The SMILES string of the molecule is COC(=O)c1ccc(CSc2nnc(NC(=O)/C=C/c3ccccc3OC)s2)cc1. The molecule has 0 radical (unpaired) electrons. The molecule has 3 rings (SSSR count). The number of esters is 1. The van der Waals surface area contributed by atoms with Gasteiger partial charge in [0.2, 0.25) is 11.0 Å². The van der Waals surface area contributed by atoms with Crippen molar-refractivity contribution in [3.63, 3.8) is 0 Å². The summed E-state index contributed by atoms with van der Waals surface area (Å²) in [5.74, 6) is 0.693. The van der Waals surface area contributed by atoms with E-state index in [-0.39, 0.29) is 11.9 Å². The highest BCUT2D eigenvalue weighted by atomic mass is 32.2. The number of nitrogens with zero attached hydrogens (tertiary/aromatic N) is 2. The minimum atomic E-state index is -0.363. The van der Waals surface area contributed by atoms with Crippen molar-refractivity contribution in [2.24, 2.45) is 0 Å². The summed E-state index contributed by atoms with van der Waals surface area (Å²) in [6.45, 7) is 0. The molecular formula is C21H19N3O4S2.